The van der Waals surface area contributed by atoms with Gasteiger partial charge in [-0.05, 0) is 29.0 Å². The highest BCUT2D eigenvalue weighted by atomic mass is 127. The zero-order valence-electron chi connectivity index (χ0n) is 5.16. The smallest absolute Gasteiger partial charge is 0.151 e. The predicted molar refractivity (Wildman–Crippen MR) is 43.5 cm³/mol. The summed E-state index contributed by atoms with van der Waals surface area (Å²) < 4.78 is 11.2. The van der Waals surface area contributed by atoms with E-state index in [1.165, 1.54) is 0 Å². The lowest BCUT2D eigenvalue weighted by Gasteiger charge is -1.93. The van der Waals surface area contributed by atoms with Crippen LogP contribution in [-0.2, 0) is 0 Å². The summed E-state index contributed by atoms with van der Waals surface area (Å²) in [7, 11) is 0. The van der Waals surface area contributed by atoms with E-state index < -0.39 is 4.18 Å². The number of hydrogen-bond acceptors (Lipinski definition) is 1. The molecule has 0 rings (SSSR count). The van der Waals surface area contributed by atoms with Crippen LogP contribution < -0.4 is 6.15 Å². The molecule has 0 aromatic heterocycles. The lowest BCUT2D eigenvalue weighted by atomic mass is 10.3. The summed E-state index contributed by atoms with van der Waals surface area (Å²) in [4.78, 5) is 0. The van der Waals surface area contributed by atoms with Gasteiger partial charge in [-0.2, -0.15) is 0 Å². The van der Waals surface area contributed by atoms with Crippen LogP contribution in [-0.4, -0.2) is 4.18 Å². The Morgan fingerprint density at radius 3 is 2.25 bits per heavy atom. The fourth-order valence-corrected chi connectivity index (χ4v) is 0.799. The summed E-state index contributed by atoms with van der Waals surface area (Å²) in [5.41, 5.74) is 0. The first-order chi connectivity index (χ1) is 3.27. The molecule has 0 fully saturated rings. The fraction of sp³-hybridized carbons (Fsp3) is 1.00. The molecular weight excluding hydrogens is 220 g/mol. The van der Waals surface area contributed by atoms with Crippen molar-refractivity contribution in [3.05, 3.63) is 0 Å². The Labute approximate surface area is 63.8 Å². The van der Waals surface area contributed by atoms with Crippen LogP contribution in [0.1, 0.15) is 26.2 Å². The van der Waals surface area contributed by atoms with Crippen LogP contribution in [0.25, 0.3) is 0 Å². The second kappa shape index (κ2) is 7.62. The number of halogens is 2. The van der Waals surface area contributed by atoms with Crippen molar-refractivity contribution in [1.82, 2.24) is 6.15 Å². The number of unbranched alkanes of at least 4 members (excludes halogenated alkanes) is 1. The molecule has 1 nitrogen and oxygen atoms in total. The van der Waals surface area contributed by atoms with Gasteiger partial charge in [-0.3, -0.25) is 0 Å². The highest BCUT2D eigenvalue weighted by Crippen LogP contribution is 2.10. The lowest BCUT2D eigenvalue weighted by Crippen LogP contribution is -1.84. The molecule has 0 aliphatic carbocycles. The van der Waals surface area contributed by atoms with Gasteiger partial charge in [0, 0.05) is 0 Å². The molecule has 0 amide bonds. The number of rotatable bonds is 3. The Balaban J connectivity index is 0. The number of hydrogen-bond donors (Lipinski definition) is 1. The van der Waals surface area contributed by atoms with Crippen molar-refractivity contribution < 1.29 is 4.39 Å². The largest absolute Gasteiger partial charge is 0.344 e. The molecule has 0 radical (unpaired) electrons. The van der Waals surface area contributed by atoms with E-state index in [9.17, 15) is 4.39 Å². The van der Waals surface area contributed by atoms with Crippen LogP contribution in [0.5, 0.6) is 0 Å². The molecule has 0 saturated carbocycles. The van der Waals surface area contributed by atoms with Gasteiger partial charge in [0.25, 0.3) is 0 Å². The van der Waals surface area contributed by atoms with Crippen molar-refractivity contribution in [1.29, 1.82) is 0 Å². The summed E-state index contributed by atoms with van der Waals surface area (Å²) in [6.45, 7) is 2.07. The molecule has 0 spiro atoms. The average Bonchev–Trinajstić information content (AvgIpc) is 1.61. The fourth-order valence-electron chi connectivity index (χ4n) is 0.358. The van der Waals surface area contributed by atoms with E-state index in [0.29, 0.717) is 0 Å². The normalized spacial score (nSPS) is 12.4. The molecule has 0 aliphatic rings. The van der Waals surface area contributed by atoms with Crippen molar-refractivity contribution in [3.63, 3.8) is 0 Å². The third-order valence-corrected chi connectivity index (χ3v) is 1.40. The third kappa shape index (κ3) is 9.80. The Kier molecular flexibility index (Phi) is 10.9. The van der Waals surface area contributed by atoms with Crippen LogP contribution >= 0.6 is 22.6 Å². The lowest BCUT2D eigenvalue weighted by molar-refractivity contribution is 0.437. The summed E-state index contributed by atoms with van der Waals surface area (Å²) >= 11 is 1.80. The van der Waals surface area contributed by atoms with Crippen molar-refractivity contribution in [2.45, 2.75) is 30.4 Å². The molecule has 3 N–H and O–H groups in total. The average molecular weight is 233 g/mol. The molecule has 8 heavy (non-hydrogen) atoms. The van der Waals surface area contributed by atoms with E-state index in [0.717, 1.165) is 19.3 Å². The molecule has 52 valence electrons. The maximum absolute atomic E-state index is 11.9. The minimum Gasteiger partial charge on any atom is -0.344 e. The van der Waals surface area contributed by atoms with Crippen molar-refractivity contribution in [2.24, 2.45) is 0 Å². The molecule has 0 aliphatic heterocycles. The molecule has 0 heterocycles. The van der Waals surface area contributed by atoms with E-state index >= 15 is 0 Å². The van der Waals surface area contributed by atoms with Gasteiger partial charge in [-0.25, -0.2) is 4.39 Å². The third-order valence-electron chi connectivity index (χ3n) is 0.776. The van der Waals surface area contributed by atoms with Gasteiger partial charge in [0.2, 0.25) is 0 Å². The Morgan fingerprint density at radius 1 is 1.62 bits per heavy atom. The SMILES string of the molecule is CCCCC(F)I.N. The summed E-state index contributed by atoms with van der Waals surface area (Å²) in [6.07, 6.45) is 2.84. The Morgan fingerprint density at radius 2 is 2.12 bits per heavy atom. The first-order valence-electron chi connectivity index (χ1n) is 2.55. The Bertz CT molecular complexity index is 41.4. The van der Waals surface area contributed by atoms with Gasteiger partial charge in [0.1, 0.15) is 0 Å². The Hall–Kier alpha value is 0.620. The van der Waals surface area contributed by atoms with Crippen LogP contribution in [0.4, 0.5) is 4.39 Å². The van der Waals surface area contributed by atoms with Gasteiger partial charge < -0.3 is 6.15 Å². The standard InChI is InChI=1S/C5H10FI.H3N/c1-2-3-4-5(6)7;/h5H,2-4H2,1H3;1H3. The molecule has 0 aromatic carbocycles. The predicted octanol–water partition coefficient (Wildman–Crippen LogP) is 3.07. The molecule has 0 bridgehead atoms. The minimum absolute atomic E-state index is 0. The zero-order valence-corrected chi connectivity index (χ0v) is 7.32. The second-order valence-electron chi connectivity index (χ2n) is 1.53. The van der Waals surface area contributed by atoms with Crippen molar-refractivity contribution in [3.8, 4) is 0 Å². The topological polar surface area (TPSA) is 35.0 Å². The van der Waals surface area contributed by atoms with E-state index in [2.05, 4.69) is 6.92 Å². The molecule has 1 unspecified atom stereocenters. The molecule has 1 atom stereocenters. The number of alkyl halides is 2. The van der Waals surface area contributed by atoms with Gasteiger partial charge in [0.15, 0.2) is 4.18 Å². The van der Waals surface area contributed by atoms with E-state index in [1.54, 1.807) is 22.6 Å². The van der Waals surface area contributed by atoms with E-state index in [-0.39, 0.29) is 6.15 Å². The highest BCUT2D eigenvalue weighted by Gasteiger charge is 1.95. The monoisotopic (exact) mass is 233 g/mol. The maximum atomic E-state index is 11.9. The quantitative estimate of drug-likeness (QED) is 0.590. The van der Waals surface area contributed by atoms with Crippen molar-refractivity contribution in [2.75, 3.05) is 0 Å². The first-order valence-corrected chi connectivity index (χ1v) is 3.80. The molecule has 3 heteroatoms. The minimum atomic E-state index is -0.627. The van der Waals surface area contributed by atoms with Gasteiger partial charge in [-0.15, -0.1) is 0 Å². The van der Waals surface area contributed by atoms with Gasteiger partial charge >= 0.3 is 0 Å². The van der Waals surface area contributed by atoms with Crippen LogP contribution in [0.3, 0.4) is 0 Å². The maximum Gasteiger partial charge on any atom is 0.151 e. The molecular formula is C5H13FIN. The second-order valence-corrected chi connectivity index (χ2v) is 2.88. The van der Waals surface area contributed by atoms with Crippen LogP contribution in [0.15, 0.2) is 0 Å². The summed E-state index contributed by atoms with van der Waals surface area (Å²) in [6, 6.07) is 0. The molecule has 0 saturated heterocycles. The van der Waals surface area contributed by atoms with Crippen LogP contribution in [0, 0.1) is 0 Å². The van der Waals surface area contributed by atoms with E-state index in [4.69, 9.17) is 0 Å². The summed E-state index contributed by atoms with van der Waals surface area (Å²) in [5.74, 6) is 0. The first kappa shape index (κ1) is 11.4. The van der Waals surface area contributed by atoms with Crippen molar-refractivity contribution >= 4 is 22.6 Å². The highest BCUT2D eigenvalue weighted by molar-refractivity contribution is 14.1. The van der Waals surface area contributed by atoms with Gasteiger partial charge in [-0.1, -0.05) is 19.8 Å². The molecule has 0 aromatic rings. The van der Waals surface area contributed by atoms with E-state index in [1.807, 2.05) is 0 Å². The zero-order chi connectivity index (χ0) is 5.70. The van der Waals surface area contributed by atoms with Gasteiger partial charge in [0.05, 0.1) is 0 Å². The van der Waals surface area contributed by atoms with Crippen LogP contribution in [0.2, 0.25) is 0 Å². The summed E-state index contributed by atoms with van der Waals surface area (Å²) in [5, 5.41) is 0.